The molecule has 1 atom stereocenters. The van der Waals surface area contributed by atoms with Crippen molar-refractivity contribution < 1.29 is 4.79 Å². The molecule has 0 bridgehead atoms. The number of likely N-dealkylation sites (tertiary alicyclic amines) is 2. The summed E-state index contributed by atoms with van der Waals surface area (Å²) in [4.78, 5) is 21.8. The van der Waals surface area contributed by atoms with Gasteiger partial charge in [-0.15, -0.1) is 0 Å². The molecule has 3 fully saturated rings. The Hall–Kier alpha value is -2.21. The molecule has 1 unspecified atom stereocenters. The first-order chi connectivity index (χ1) is 14.7. The van der Waals surface area contributed by atoms with Gasteiger partial charge in [0.2, 0.25) is 0 Å². The topological polar surface area (TPSA) is 54.3 Å². The van der Waals surface area contributed by atoms with Crippen molar-refractivity contribution >= 4 is 5.91 Å². The molecule has 5 rings (SSSR count). The normalized spacial score (nSPS) is 24.7. The Bertz CT molecular complexity index is 865. The van der Waals surface area contributed by atoms with Crippen molar-refractivity contribution in [2.45, 2.75) is 70.5 Å². The van der Waals surface area contributed by atoms with E-state index in [2.05, 4.69) is 27.1 Å². The van der Waals surface area contributed by atoms with Crippen LogP contribution in [0.25, 0.3) is 0 Å². The third kappa shape index (κ3) is 3.45. The number of nitrogens with zero attached hydrogens (tertiary/aromatic N) is 5. The summed E-state index contributed by atoms with van der Waals surface area (Å²) < 4.78 is 1.82. The van der Waals surface area contributed by atoms with E-state index in [0.29, 0.717) is 23.2 Å². The Labute approximate surface area is 179 Å². The fourth-order valence-corrected chi connectivity index (χ4v) is 6.11. The molecule has 30 heavy (non-hydrogen) atoms. The smallest absolute Gasteiger partial charge is 0.274 e. The number of hydrogen-bond donors (Lipinski definition) is 0. The average molecular weight is 408 g/mol. The van der Waals surface area contributed by atoms with Gasteiger partial charge in [-0.05, 0) is 56.4 Å². The first kappa shape index (κ1) is 19.7. The van der Waals surface area contributed by atoms with Crippen molar-refractivity contribution in [3.8, 4) is 0 Å². The van der Waals surface area contributed by atoms with Crippen LogP contribution >= 0.6 is 0 Å². The molecule has 2 aliphatic heterocycles. The zero-order valence-corrected chi connectivity index (χ0v) is 18.0. The summed E-state index contributed by atoms with van der Waals surface area (Å²) in [5.41, 5.74) is 2.47. The van der Waals surface area contributed by atoms with E-state index in [1.54, 1.807) is 0 Å². The minimum Gasteiger partial charge on any atom is -0.337 e. The molecule has 3 aliphatic rings. The van der Waals surface area contributed by atoms with Gasteiger partial charge in [0.05, 0.1) is 0 Å². The molecule has 1 amide bonds. The van der Waals surface area contributed by atoms with E-state index in [0.717, 1.165) is 32.5 Å². The number of rotatable bonds is 4. The van der Waals surface area contributed by atoms with Gasteiger partial charge in [-0.25, -0.2) is 0 Å². The van der Waals surface area contributed by atoms with Gasteiger partial charge < -0.3 is 4.90 Å². The highest BCUT2D eigenvalue weighted by Crippen LogP contribution is 2.58. The molecule has 1 spiro atoms. The van der Waals surface area contributed by atoms with Crippen LogP contribution in [-0.2, 0) is 6.54 Å². The first-order valence-corrected chi connectivity index (χ1v) is 11.7. The Morgan fingerprint density at radius 2 is 1.83 bits per heavy atom. The highest BCUT2D eigenvalue weighted by atomic mass is 16.2. The van der Waals surface area contributed by atoms with Gasteiger partial charge in [-0.1, -0.05) is 19.3 Å². The summed E-state index contributed by atoms with van der Waals surface area (Å²) >= 11 is 0. The first-order valence-electron chi connectivity index (χ1n) is 11.7. The van der Waals surface area contributed by atoms with Crippen molar-refractivity contribution in [1.82, 2.24) is 24.6 Å². The summed E-state index contributed by atoms with van der Waals surface area (Å²) in [6.07, 6.45) is 14.7. The molecule has 2 aromatic rings. The second-order valence-corrected chi connectivity index (χ2v) is 9.36. The molecule has 6 nitrogen and oxygen atoms in total. The minimum absolute atomic E-state index is 0.0821. The monoisotopic (exact) mass is 407 g/mol. The van der Waals surface area contributed by atoms with E-state index >= 15 is 0 Å². The summed E-state index contributed by atoms with van der Waals surface area (Å²) in [6, 6.07) is 7.37. The van der Waals surface area contributed by atoms with Crippen molar-refractivity contribution in [1.29, 1.82) is 0 Å². The molecular formula is C24H33N5O. The number of carbonyl (C=O) groups excluding carboxylic acids is 1. The van der Waals surface area contributed by atoms with Gasteiger partial charge in [0, 0.05) is 62.3 Å². The molecule has 6 heteroatoms. The van der Waals surface area contributed by atoms with E-state index in [-0.39, 0.29) is 5.91 Å². The lowest BCUT2D eigenvalue weighted by Crippen LogP contribution is -2.63. The molecule has 2 aromatic heterocycles. The molecule has 0 aromatic carbocycles. The van der Waals surface area contributed by atoms with Crippen LogP contribution in [0.15, 0.2) is 36.8 Å². The summed E-state index contributed by atoms with van der Waals surface area (Å²) in [5, 5.41) is 4.40. The van der Waals surface area contributed by atoms with Gasteiger partial charge in [0.1, 0.15) is 5.69 Å². The number of hydrogen-bond acceptors (Lipinski definition) is 4. The fraction of sp³-hybridized carbons (Fsp3) is 0.625. The number of piperidine rings is 1. The highest BCUT2D eigenvalue weighted by molar-refractivity contribution is 5.92. The summed E-state index contributed by atoms with van der Waals surface area (Å²) in [7, 11) is 0. The molecule has 4 heterocycles. The SMILES string of the molecule is CCn1ccc(C(=O)N2CCC(N3CC4(CCCCC4)C3c3ccncc3)CC2)n1. The largest absolute Gasteiger partial charge is 0.337 e. The Kier molecular flexibility index (Phi) is 5.35. The van der Waals surface area contributed by atoms with Crippen LogP contribution in [0.5, 0.6) is 0 Å². The van der Waals surface area contributed by atoms with Crippen molar-refractivity contribution in [2.24, 2.45) is 5.41 Å². The van der Waals surface area contributed by atoms with Crippen LogP contribution in [0.3, 0.4) is 0 Å². The van der Waals surface area contributed by atoms with Crippen LogP contribution in [0.2, 0.25) is 0 Å². The van der Waals surface area contributed by atoms with E-state index in [4.69, 9.17) is 0 Å². The third-order valence-corrected chi connectivity index (χ3v) is 7.68. The lowest BCUT2D eigenvalue weighted by atomic mass is 9.60. The molecule has 160 valence electrons. The highest BCUT2D eigenvalue weighted by Gasteiger charge is 2.55. The average Bonchev–Trinajstić information content (AvgIpc) is 3.28. The van der Waals surface area contributed by atoms with Crippen molar-refractivity contribution in [2.75, 3.05) is 19.6 Å². The van der Waals surface area contributed by atoms with Gasteiger partial charge in [-0.3, -0.25) is 19.4 Å². The predicted octanol–water partition coefficient (Wildman–Crippen LogP) is 3.91. The van der Waals surface area contributed by atoms with E-state index in [1.165, 1.54) is 44.2 Å². The van der Waals surface area contributed by atoms with Crippen LogP contribution in [0.1, 0.15) is 74.0 Å². The number of amides is 1. The molecule has 0 N–H and O–H groups in total. The van der Waals surface area contributed by atoms with Crippen molar-refractivity contribution in [3.05, 3.63) is 48.0 Å². The lowest BCUT2D eigenvalue weighted by Gasteiger charge is -2.63. The van der Waals surface area contributed by atoms with Gasteiger partial charge >= 0.3 is 0 Å². The predicted molar refractivity (Wildman–Crippen MR) is 116 cm³/mol. The van der Waals surface area contributed by atoms with Gasteiger partial charge in [-0.2, -0.15) is 5.10 Å². The second-order valence-electron chi connectivity index (χ2n) is 9.36. The van der Waals surface area contributed by atoms with Crippen LogP contribution in [0, 0.1) is 5.41 Å². The zero-order valence-electron chi connectivity index (χ0n) is 18.0. The Morgan fingerprint density at radius 1 is 1.10 bits per heavy atom. The minimum atomic E-state index is 0.0821. The summed E-state index contributed by atoms with van der Waals surface area (Å²) in [5.74, 6) is 0.0821. The maximum atomic E-state index is 12.8. The molecule has 1 saturated carbocycles. The zero-order chi connectivity index (χ0) is 20.6. The molecule has 1 aliphatic carbocycles. The number of pyridine rings is 1. The molecule has 2 saturated heterocycles. The second kappa shape index (κ2) is 8.14. The molecule has 0 radical (unpaired) electrons. The van der Waals surface area contributed by atoms with E-state index in [1.807, 2.05) is 41.2 Å². The maximum absolute atomic E-state index is 12.8. The summed E-state index contributed by atoms with van der Waals surface area (Å²) in [6.45, 7) is 5.71. The van der Waals surface area contributed by atoms with Crippen LogP contribution in [-0.4, -0.2) is 56.1 Å². The number of aromatic nitrogens is 3. The van der Waals surface area contributed by atoms with Gasteiger partial charge in [0.15, 0.2) is 0 Å². The van der Waals surface area contributed by atoms with Crippen LogP contribution in [0.4, 0.5) is 0 Å². The number of carbonyl (C=O) groups is 1. The quantitative estimate of drug-likeness (QED) is 0.771. The van der Waals surface area contributed by atoms with Crippen molar-refractivity contribution in [3.63, 3.8) is 0 Å². The lowest BCUT2D eigenvalue weighted by molar-refractivity contribution is -0.132. The maximum Gasteiger partial charge on any atom is 0.274 e. The van der Waals surface area contributed by atoms with Gasteiger partial charge in [0.25, 0.3) is 5.91 Å². The standard InChI is InChI=1S/C24H33N5O/c1-2-28-17-10-21(26-28)23(30)27-15-8-20(9-16-27)29-18-24(11-4-3-5-12-24)22(29)19-6-13-25-14-7-19/h6-7,10,13-14,17,20,22H,2-5,8-9,11-12,15-16,18H2,1H3. The Balaban J connectivity index is 1.26. The fourth-order valence-electron chi connectivity index (χ4n) is 6.11. The molecular weight excluding hydrogens is 374 g/mol. The van der Waals surface area contributed by atoms with E-state index < -0.39 is 0 Å². The Morgan fingerprint density at radius 3 is 2.50 bits per heavy atom. The third-order valence-electron chi connectivity index (χ3n) is 7.68. The number of aryl methyl sites for hydroxylation is 1. The van der Waals surface area contributed by atoms with Crippen LogP contribution < -0.4 is 0 Å². The van der Waals surface area contributed by atoms with E-state index in [9.17, 15) is 4.79 Å².